The van der Waals surface area contributed by atoms with Gasteiger partial charge in [0.2, 0.25) is 0 Å². The second-order valence-corrected chi connectivity index (χ2v) is 6.52. The second kappa shape index (κ2) is 14.2. The van der Waals surface area contributed by atoms with Gasteiger partial charge in [-0.05, 0) is 49.6 Å². The van der Waals surface area contributed by atoms with E-state index >= 15 is 0 Å². The minimum Gasteiger partial charge on any atom is -0.400 e. The van der Waals surface area contributed by atoms with E-state index in [1.54, 1.807) is 11.1 Å². The lowest BCUT2D eigenvalue weighted by atomic mass is 9.87. The molecule has 0 radical (unpaired) electrons. The summed E-state index contributed by atoms with van der Waals surface area (Å²) in [5.74, 6) is 0. The van der Waals surface area contributed by atoms with Crippen molar-refractivity contribution < 1.29 is 5.11 Å². The van der Waals surface area contributed by atoms with Gasteiger partial charge in [0.25, 0.3) is 0 Å². The van der Waals surface area contributed by atoms with Gasteiger partial charge in [-0.15, -0.1) is 0 Å². The average Bonchev–Trinajstić information content (AvgIpc) is 2.83. The summed E-state index contributed by atoms with van der Waals surface area (Å²) in [5.41, 5.74) is 9.02. The fraction of sp³-hybridized carbons (Fsp3) is 0.500. The topological polar surface area (TPSA) is 52.7 Å². The monoisotopic (exact) mass is 385 g/mol. The predicted octanol–water partition coefficient (Wildman–Crippen LogP) is 3.58. The highest BCUT2D eigenvalue weighted by atomic mass is 16.2. The minimum atomic E-state index is 0.743. The van der Waals surface area contributed by atoms with E-state index in [0.717, 1.165) is 26.2 Å². The molecule has 0 aromatic heterocycles. The van der Waals surface area contributed by atoms with Gasteiger partial charge in [0, 0.05) is 45.0 Å². The maximum Gasteiger partial charge on any atom is 0.0367 e. The zero-order valence-corrected chi connectivity index (χ0v) is 18.1. The lowest BCUT2D eigenvalue weighted by Gasteiger charge is -2.42. The van der Waals surface area contributed by atoms with Gasteiger partial charge in [0.1, 0.15) is 0 Å². The van der Waals surface area contributed by atoms with Crippen molar-refractivity contribution in [1.82, 2.24) is 4.90 Å². The fourth-order valence-corrected chi connectivity index (χ4v) is 3.97. The van der Waals surface area contributed by atoms with Gasteiger partial charge < -0.3 is 15.7 Å². The SMILES string of the molecule is CC.CN.CO.c1ccc(N2CCN(C3CCc4ccccc4C3)CC2)cc1. The second-order valence-electron chi connectivity index (χ2n) is 6.52. The van der Waals surface area contributed by atoms with Crippen LogP contribution in [0.1, 0.15) is 31.4 Å². The number of hydrogen-bond donors (Lipinski definition) is 2. The molecule has 156 valence electrons. The van der Waals surface area contributed by atoms with Gasteiger partial charge >= 0.3 is 0 Å². The maximum absolute atomic E-state index is 7.00. The Morgan fingerprint density at radius 3 is 1.93 bits per heavy atom. The third-order valence-electron chi connectivity index (χ3n) is 5.27. The molecule has 3 N–H and O–H groups in total. The molecule has 1 saturated heterocycles. The Morgan fingerprint density at radius 1 is 0.786 bits per heavy atom. The summed E-state index contributed by atoms with van der Waals surface area (Å²) in [6, 6.07) is 20.6. The average molecular weight is 386 g/mol. The van der Waals surface area contributed by atoms with E-state index in [-0.39, 0.29) is 0 Å². The molecule has 2 aromatic rings. The van der Waals surface area contributed by atoms with E-state index in [1.807, 2.05) is 13.8 Å². The Labute approximate surface area is 172 Å². The number of fused-ring (bicyclic) bond motifs is 1. The molecule has 0 saturated carbocycles. The normalized spacial score (nSPS) is 18.2. The van der Waals surface area contributed by atoms with Crippen LogP contribution in [0.5, 0.6) is 0 Å². The molecule has 4 heteroatoms. The van der Waals surface area contributed by atoms with Crippen LogP contribution in [0, 0.1) is 0 Å². The zero-order valence-electron chi connectivity index (χ0n) is 18.1. The fourth-order valence-electron chi connectivity index (χ4n) is 3.97. The van der Waals surface area contributed by atoms with Gasteiger partial charge in [-0.2, -0.15) is 0 Å². The van der Waals surface area contributed by atoms with Crippen LogP contribution in [0.2, 0.25) is 0 Å². The van der Waals surface area contributed by atoms with Crippen LogP contribution in [0.3, 0.4) is 0 Å². The van der Waals surface area contributed by atoms with Gasteiger partial charge in [-0.3, -0.25) is 4.90 Å². The largest absolute Gasteiger partial charge is 0.400 e. The van der Waals surface area contributed by atoms with Gasteiger partial charge in [0.15, 0.2) is 0 Å². The van der Waals surface area contributed by atoms with Gasteiger partial charge in [0.05, 0.1) is 0 Å². The van der Waals surface area contributed by atoms with Crippen LogP contribution in [0.15, 0.2) is 54.6 Å². The van der Waals surface area contributed by atoms with Crippen LogP contribution in [-0.4, -0.2) is 56.4 Å². The Kier molecular flexibility index (Phi) is 12.2. The number of aliphatic hydroxyl groups is 1. The third-order valence-corrected chi connectivity index (χ3v) is 5.27. The van der Waals surface area contributed by atoms with E-state index in [4.69, 9.17) is 5.11 Å². The van der Waals surface area contributed by atoms with Crippen LogP contribution >= 0.6 is 0 Å². The molecule has 0 bridgehead atoms. The Bertz CT molecular complexity index is 625. The summed E-state index contributed by atoms with van der Waals surface area (Å²) in [6.07, 6.45) is 3.81. The number of aliphatic hydroxyl groups excluding tert-OH is 1. The smallest absolute Gasteiger partial charge is 0.0367 e. The lowest BCUT2D eigenvalue weighted by Crippen LogP contribution is -2.51. The first-order chi connectivity index (χ1) is 13.9. The number of piperazine rings is 1. The molecule has 1 fully saturated rings. The van der Waals surface area contributed by atoms with Crippen molar-refractivity contribution in [3.63, 3.8) is 0 Å². The molecule has 4 rings (SSSR count). The molecule has 0 spiro atoms. The summed E-state index contributed by atoms with van der Waals surface area (Å²) in [6.45, 7) is 8.70. The maximum atomic E-state index is 7.00. The number of benzene rings is 2. The number of aryl methyl sites for hydroxylation is 1. The summed E-state index contributed by atoms with van der Waals surface area (Å²) < 4.78 is 0. The van der Waals surface area contributed by atoms with Crippen LogP contribution in [0.4, 0.5) is 5.69 Å². The number of rotatable bonds is 2. The number of nitrogens with zero attached hydrogens (tertiary/aromatic N) is 2. The molecular weight excluding hydrogens is 346 g/mol. The lowest BCUT2D eigenvalue weighted by molar-refractivity contribution is 0.170. The quantitative estimate of drug-likeness (QED) is 0.830. The third kappa shape index (κ3) is 6.62. The summed E-state index contributed by atoms with van der Waals surface area (Å²) in [5, 5.41) is 7.00. The number of hydrogen-bond acceptors (Lipinski definition) is 4. The van der Waals surface area contributed by atoms with E-state index in [1.165, 1.54) is 45.1 Å². The molecule has 2 aliphatic rings. The first-order valence-corrected chi connectivity index (χ1v) is 10.5. The van der Waals surface area contributed by atoms with Crippen LogP contribution in [0.25, 0.3) is 0 Å². The van der Waals surface area contributed by atoms with Gasteiger partial charge in [-0.1, -0.05) is 56.3 Å². The van der Waals surface area contributed by atoms with Crippen molar-refractivity contribution >= 4 is 5.69 Å². The van der Waals surface area contributed by atoms with Crippen molar-refractivity contribution in [2.75, 3.05) is 45.2 Å². The van der Waals surface area contributed by atoms with E-state index in [2.05, 4.69) is 70.1 Å². The molecule has 4 nitrogen and oxygen atoms in total. The molecular formula is C24H39N3O. The number of para-hydroxylation sites is 1. The molecule has 1 aliphatic carbocycles. The standard InChI is InChI=1S/C20H24N2.C2H6.CH5N.CH4O/c1-2-8-19(9-3-1)21-12-14-22(15-13-21)20-11-10-17-6-4-5-7-18(17)16-20;3*1-2/h1-9,20H,10-16H2;1-2H3;2H2,1H3;2H,1H3. The highest BCUT2D eigenvalue weighted by molar-refractivity contribution is 5.46. The Balaban J connectivity index is 0.000000599. The van der Waals surface area contributed by atoms with E-state index in [9.17, 15) is 0 Å². The number of anilines is 1. The Morgan fingerprint density at radius 2 is 1.32 bits per heavy atom. The molecule has 1 aliphatic heterocycles. The summed E-state index contributed by atoms with van der Waals surface area (Å²) in [7, 11) is 2.50. The summed E-state index contributed by atoms with van der Waals surface area (Å²) in [4.78, 5) is 5.24. The van der Waals surface area contributed by atoms with Gasteiger partial charge in [-0.25, -0.2) is 0 Å². The first-order valence-electron chi connectivity index (χ1n) is 10.5. The highest BCUT2D eigenvalue weighted by Crippen LogP contribution is 2.26. The summed E-state index contributed by atoms with van der Waals surface area (Å²) >= 11 is 0. The van der Waals surface area contributed by atoms with Crippen molar-refractivity contribution in [3.8, 4) is 0 Å². The van der Waals surface area contributed by atoms with Crippen LogP contribution in [-0.2, 0) is 12.8 Å². The number of nitrogens with two attached hydrogens (primary N) is 1. The molecule has 0 amide bonds. The van der Waals surface area contributed by atoms with Crippen molar-refractivity contribution in [2.24, 2.45) is 5.73 Å². The van der Waals surface area contributed by atoms with Crippen molar-refractivity contribution in [2.45, 2.75) is 39.2 Å². The van der Waals surface area contributed by atoms with Crippen LogP contribution < -0.4 is 10.6 Å². The molecule has 28 heavy (non-hydrogen) atoms. The van der Waals surface area contributed by atoms with Crippen molar-refractivity contribution in [1.29, 1.82) is 0 Å². The highest BCUT2D eigenvalue weighted by Gasteiger charge is 2.27. The predicted molar refractivity (Wildman–Crippen MR) is 122 cm³/mol. The molecule has 1 unspecified atom stereocenters. The van der Waals surface area contributed by atoms with Crippen molar-refractivity contribution in [3.05, 3.63) is 65.7 Å². The molecule has 2 aromatic carbocycles. The zero-order chi connectivity index (χ0) is 20.8. The van der Waals surface area contributed by atoms with E-state index < -0.39 is 0 Å². The Hall–Kier alpha value is -1.88. The molecule has 1 atom stereocenters. The minimum absolute atomic E-state index is 0.743. The first kappa shape index (κ1) is 24.2. The molecule has 1 heterocycles. The van der Waals surface area contributed by atoms with E-state index in [0.29, 0.717) is 0 Å².